The number of carbonyl (C=O) groups is 1. The summed E-state index contributed by atoms with van der Waals surface area (Å²) in [5.74, 6) is 0.362. The molecule has 174 valence electrons. The number of sulfonamides is 1. The van der Waals surface area contributed by atoms with E-state index in [0.717, 1.165) is 0 Å². The van der Waals surface area contributed by atoms with Crippen LogP contribution in [0.1, 0.15) is 0 Å². The number of fused-ring (bicyclic) bond motifs is 1. The van der Waals surface area contributed by atoms with E-state index in [0.29, 0.717) is 16.8 Å². The topological polar surface area (TPSA) is 111 Å². The first-order valence-corrected chi connectivity index (χ1v) is 11.7. The van der Waals surface area contributed by atoms with Crippen LogP contribution in [0.15, 0.2) is 58.4 Å². The summed E-state index contributed by atoms with van der Waals surface area (Å²) in [6.45, 7) is 0.531. The van der Waals surface area contributed by atoms with E-state index in [1.807, 2.05) is 6.07 Å². The Morgan fingerprint density at radius 3 is 2.45 bits per heavy atom. The average molecular weight is 473 g/mol. The molecule has 0 unspecified atom stereocenters. The quantitative estimate of drug-likeness (QED) is 0.525. The van der Waals surface area contributed by atoms with Gasteiger partial charge in [-0.05, 0) is 24.3 Å². The summed E-state index contributed by atoms with van der Waals surface area (Å²) in [6.07, 6.45) is 1.20. The number of hydrogen-bond acceptors (Lipinski definition) is 7. The van der Waals surface area contributed by atoms with Crippen molar-refractivity contribution in [2.75, 3.05) is 40.4 Å². The van der Waals surface area contributed by atoms with Crippen LogP contribution in [-0.2, 0) is 21.4 Å². The molecule has 0 aliphatic carbocycles. The van der Waals surface area contributed by atoms with Gasteiger partial charge < -0.3 is 14.4 Å². The van der Waals surface area contributed by atoms with Crippen LogP contribution in [0.25, 0.3) is 11.0 Å². The van der Waals surface area contributed by atoms with Gasteiger partial charge in [-0.1, -0.05) is 12.1 Å². The van der Waals surface area contributed by atoms with E-state index < -0.39 is 10.0 Å². The van der Waals surface area contributed by atoms with E-state index in [1.165, 1.54) is 35.4 Å². The Kier molecular flexibility index (Phi) is 6.34. The highest BCUT2D eigenvalue weighted by molar-refractivity contribution is 7.89. The molecule has 0 radical (unpaired) electrons. The van der Waals surface area contributed by atoms with Crippen molar-refractivity contribution >= 4 is 27.0 Å². The first-order valence-electron chi connectivity index (χ1n) is 10.3. The first-order chi connectivity index (χ1) is 15.8. The predicted octanol–water partition coefficient (Wildman–Crippen LogP) is 0.947. The minimum atomic E-state index is -3.85. The maximum atomic E-state index is 13.2. The summed E-state index contributed by atoms with van der Waals surface area (Å²) >= 11 is 0. The fraction of sp³-hybridized carbons (Fsp3) is 0.318. The number of ether oxygens (including phenoxy) is 2. The van der Waals surface area contributed by atoms with E-state index in [4.69, 9.17) is 9.47 Å². The van der Waals surface area contributed by atoms with Gasteiger partial charge in [-0.15, -0.1) is 0 Å². The predicted molar refractivity (Wildman–Crippen MR) is 121 cm³/mol. The van der Waals surface area contributed by atoms with E-state index >= 15 is 0 Å². The number of rotatable bonds is 6. The number of hydrogen-bond donors (Lipinski definition) is 0. The minimum absolute atomic E-state index is 0.0129. The van der Waals surface area contributed by atoms with Crippen molar-refractivity contribution in [2.45, 2.75) is 11.4 Å². The van der Waals surface area contributed by atoms with Gasteiger partial charge in [-0.2, -0.15) is 4.31 Å². The van der Waals surface area contributed by atoms with E-state index in [2.05, 4.69) is 4.98 Å². The van der Waals surface area contributed by atoms with Crippen molar-refractivity contribution < 1.29 is 22.7 Å². The molecule has 0 N–H and O–H groups in total. The second kappa shape index (κ2) is 9.20. The zero-order valence-electron chi connectivity index (χ0n) is 18.3. The zero-order valence-corrected chi connectivity index (χ0v) is 19.1. The number of piperazine rings is 1. The van der Waals surface area contributed by atoms with Crippen LogP contribution in [0.4, 0.5) is 0 Å². The molecule has 2 heterocycles. The van der Waals surface area contributed by atoms with E-state index in [9.17, 15) is 18.0 Å². The van der Waals surface area contributed by atoms with Crippen LogP contribution >= 0.6 is 0 Å². The second-order valence-corrected chi connectivity index (χ2v) is 9.38. The number of aromatic nitrogens is 2. The highest BCUT2D eigenvalue weighted by atomic mass is 32.2. The molecule has 1 amide bonds. The van der Waals surface area contributed by atoms with Gasteiger partial charge >= 0.3 is 0 Å². The largest absolute Gasteiger partial charge is 0.497 e. The van der Waals surface area contributed by atoms with Crippen LogP contribution in [0.2, 0.25) is 0 Å². The molecule has 0 spiro atoms. The van der Waals surface area contributed by atoms with Gasteiger partial charge in [-0.25, -0.2) is 13.4 Å². The lowest BCUT2D eigenvalue weighted by atomic mass is 10.3. The minimum Gasteiger partial charge on any atom is -0.497 e. The Morgan fingerprint density at radius 2 is 1.76 bits per heavy atom. The lowest BCUT2D eigenvalue weighted by molar-refractivity contribution is -0.133. The Labute approximate surface area is 191 Å². The molecule has 1 fully saturated rings. The molecule has 3 aromatic rings. The molecular formula is C22H24N4O6S. The molecular weight excluding hydrogens is 448 g/mol. The standard InChI is InChI=1S/C22H24N4O6S/c1-31-16-7-8-19(32-2)20(13-16)33(29,30)25-11-9-24(10-12-25)22(28)15-26-18-6-4-3-5-17(18)23-14-21(26)27/h3-8,13-14H,9-12,15H2,1-2H3. The molecule has 11 heteroatoms. The van der Waals surface area contributed by atoms with Gasteiger partial charge in [0.05, 0.1) is 31.4 Å². The third-order valence-electron chi connectivity index (χ3n) is 5.63. The molecule has 33 heavy (non-hydrogen) atoms. The van der Waals surface area contributed by atoms with Crippen molar-refractivity contribution in [2.24, 2.45) is 0 Å². The molecule has 1 aliphatic heterocycles. The van der Waals surface area contributed by atoms with Crippen molar-refractivity contribution in [1.82, 2.24) is 18.8 Å². The SMILES string of the molecule is COc1ccc(OC)c(S(=O)(=O)N2CCN(C(=O)Cn3c(=O)cnc4ccccc43)CC2)c1. The fourth-order valence-corrected chi connectivity index (χ4v) is 5.41. The van der Waals surface area contributed by atoms with Gasteiger partial charge in [0.25, 0.3) is 5.56 Å². The van der Waals surface area contributed by atoms with E-state index in [1.54, 1.807) is 35.2 Å². The molecule has 2 aromatic carbocycles. The highest BCUT2D eigenvalue weighted by Crippen LogP contribution is 2.31. The third kappa shape index (κ3) is 4.41. The van der Waals surface area contributed by atoms with Crippen LogP contribution in [0.3, 0.4) is 0 Å². The number of para-hydroxylation sites is 2. The molecule has 0 bridgehead atoms. The number of methoxy groups -OCH3 is 2. The van der Waals surface area contributed by atoms with Crippen LogP contribution in [0, 0.1) is 0 Å². The first kappa shape index (κ1) is 22.7. The average Bonchev–Trinajstić information content (AvgIpc) is 2.85. The van der Waals surface area contributed by atoms with Crippen molar-refractivity contribution in [3.8, 4) is 11.5 Å². The Morgan fingerprint density at radius 1 is 1.03 bits per heavy atom. The second-order valence-electron chi connectivity index (χ2n) is 7.47. The summed E-state index contributed by atoms with van der Waals surface area (Å²) in [4.78, 5) is 30.9. The van der Waals surface area contributed by atoms with E-state index in [-0.39, 0.29) is 54.8 Å². The Hall–Kier alpha value is -3.44. The molecule has 10 nitrogen and oxygen atoms in total. The highest BCUT2D eigenvalue weighted by Gasteiger charge is 2.32. The molecule has 0 saturated carbocycles. The normalized spacial score (nSPS) is 14.9. The summed E-state index contributed by atoms with van der Waals surface area (Å²) in [7, 11) is -0.991. The van der Waals surface area contributed by atoms with Crippen molar-refractivity contribution in [1.29, 1.82) is 0 Å². The molecule has 0 atom stereocenters. The fourth-order valence-electron chi connectivity index (χ4n) is 3.82. The van der Waals surface area contributed by atoms with Crippen LogP contribution < -0.4 is 15.0 Å². The third-order valence-corrected chi connectivity index (χ3v) is 7.55. The number of amides is 1. The maximum Gasteiger partial charge on any atom is 0.269 e. The number of benzene rings is 2. The number of nitrogens with zero attached hydrogens (tertiary/aromatic N) is 4. The van der Waals surface area contributed by atoms with Gasteiger partial charge in [0.1, 0.15) is 22.9 Å². The molecule has 1 saturated heterocycles. The Bertz CT molecular complexity index is 1350. The van der Waals surface area contributed by atoms with Gasteiger partial charge in [0.15, 0.2) is 0 Å². The lowest BCUT2D eigenvalue weighted by Crippen LogP contribution is -2.51. The lowest BCUT2D eigenvalue weighted by Gasteiger charge is -2.34. The molecule has 1 aliphatic rings. The van der Waals surface area contributed by atoms with Crippen LogP contribution in [0.5, 0.6) is 11.5 Å². The van der Waals surface area contributed by atoms with Crippen molar-refractivity contribution in [3.05, 3.63) is 59.0 Å². The summed E-state index contributed by atoms with van der Waals surface area (Å²) in [6, 6.07) is 11.7. The van der Waals surface area contributed by atoms with Crippen LogP contribution in [-0.4, -0.2) is 73.5 Å². The summed E-state index contributed by atoms with van der Waals surface area (Å²) in [5.41, 5.74) is 0.825. The van der Waals surface area contributed by atoms with Gasteiger partial charge in [0, 0.05) is 32.2 Å². The molecule has 1 aromatic heterocycles. The monoisotopic (exact) mass is 472 g/mol. The number of carbonyl (C=O) groups excluding carboxylic acids is 1. The molecule has 4 rings (SSSR count). The smallest absolute Gasteiger partial charge is 0.269 e. The Balaban J connectivity index is 1.49. The maximum absolute atomic E-state index is 13.2. The summed E-state index contributed by atoms with van der Waals surface area (Å²) < 4.78 is 39.6. The van der Waals surface area contributed by atoms with Crippen molar-refractivity contribution in [3.63, 3.8) is 0 Å². The summed E-state index contributed by atoms with van der Waals surface area (Å²) in [5, 5.41) is 0. The van der Waals surface area contributed by atoms with Gasteiger partial charge in [-0.3, -0.25) is 14.2 Å². The van der Waals surface area contributed by atoms with Gasteiger partial charge in [0.2, 0.25) is 15.9 Å². The zero-order chi connectivity index (χ0) is 23.6.